The number of hydrogen-bond donors (Lipinski definition) is 0. The number of aromatic nitrogens is 2. The molecule has 2 heteroatoms. The first kappa shape index (κ1) is 22.2. The maximum atomic E-state index is 2.34. The summed E-state index contributed by atoms with van der Waals surface area (Å²) in [6, 6.07) is 13.8. The molecule has 0 atom stereocenters. The zero-order chi connectivity index (χ0) is 21.3. The van der Waals surface area contributed by atoms with Gasteiger partial charge in [0.05, 0.1) is 0 Å². The molecule has 2 nitrogen and oxygen atoms in total. The highest BCUT2D eigenvalue weighted by Gasteiger charge is 2.05. The molecule has 0 saturated heterocycles. The Morgan fingerprint density at radius 2 is 0.833 bits per heavy atom. The topological polar surface area (TPSA) is 7.76 Å². The molecule has 0 aliphatic heterocycles. The van der Waals surface area contributed by atoms with Crippen LogP contribution in [0.3, 0.4) is 0 Å². The van der Waals surface area contributed by atoms with Crippen LogP contribution in [0.25, 0.3) is 0 Å². The summed E-state index contributed by atoms with van der Waals surface area (Å²) in [5.41, 5.74) is 8.32. The van der Waals surface area contributed by atoms with Gasteiger partial charge in [-0.25, -0.2) is 9.13 Å². The predicted octanol–water partition coefficient (Wildman–Crippen LogP) is 5.54. The zero-order valence-corrected chi connectivity index (χ0v) is 19.3. The summed E-state index contributed by atoms with van der Waals surface area (Å²) < 4.78 is 4.67. The molecule has 30 heavy (non-hydrogen) atoms. The van der Waals surface area contributed by atoms with Crippen molar-refractivity contribution in [3.63, 3.8) is 0 Å². The molecule has 1 aromatic carbocycles. The van der Waals surface area contributed by atoms with Gasteiger partial charge in [-0.3, -0.25) is 0 Å². The maximum absolute atomic E-state index is 2.34. The average molecular weight is 403 g/mol. The lowest BCUT2D eigenvalue weighted by Crippen LogP contribution is -2.33. The van der Waals surface area contributed by atoms with Gasteiger partial charge in [0.25, 0.3) is 0 Å². The lowest BCUT2D eigenvalue weighted by atomic mass is 10.0. The van der Waals surface area contributed by atoms with Gasteiger partial charge >= 0.3 is 0 Å². The van der Waals surface area contributed by atoms with E-state index in [1.807, 2.05) is 0 Å². The minimum Gasteiger partial charge on any atom is -0.205 e. The molecule has 0 radical (unpaired) electrons. The standard InChI is InChI=1S/C28H38N2/c1-23-17-24(2)20-29(19-23)15-7-5-9-27-11-13-28(14-12-27)10-6-8-16-30-21-25(3)18-26(4)22-30/h11-14,17-22H,5-10,15-16H2,1-4H3/q+2. The summed E-state index contributed by atoms with van der Waals surface area (Å²) in [5.74, 6) is 0. The molecule has 158 valence electrons. The van der Waals surface area contributed by atoms with Crippen LogP contribution in [0.15, 0.2) is 61.2 Å². The highest BCUT2D eigenvalue weighted by molar-refractivity contribution is 5.22. The van der Waals surface area contributed by atoms with Crippen molar-refractivity contribution in [2.75, 3.05) is 0 Å². The molecule has 0 fully saturated rings. The van der Waals surface area contributed by atoms with Crippen molar-refractivity contribution in [2.24, 2.45) is 0 Å². The molecular weight excluding hydrogens is 364 g/mol. The molecule has 2 heterocycles. The average Bonchev–Trinajstić information content (AvgIpc) is 2.68. The van der Waals surface area contributed by atoms with E-state index in [-0.39, 0.29) is 0 Å². The van der Waals surface area contributed by atoms with Gasteiger partial charge in [0.15, 0.2) is 24.8 Å². The first-order chi connectivity index (χ1) is 14.5. The second kappa shape index (κ2) is 11.1. The van der Waals surface area contributed by atoms with Gasteiger partial charge in [0, 0.05) is 35.1 Å². The minimum atomic E-state index is 1.11. The van der Waals surface area contributed by atoms with Crippen LogP contribution in [0.1, 0.15) is 59.1 Å². The molecule has 0 bridgehead atoms. The van der Waals surface area contributed by atoms with Crippen molar-refractivity contribution in [2.45, 2.75) is 79.3 Å². The fourth-order valence-corrected chi connectivity index (χ4v) is 4.37. The number of rotatable bonds is 10. The van der Waals surface area contributed by atoms with Crippen LogP contribution in [0.5, 0.6) is 0 Å². The third kappa shape index (κ3) is 7.40. The fraction of sp³-hybridized carbons (Fsp3) is 0.429. The number of aryl methyl sites for hydroxylation is 8. The second-order valence-electron chi connectivity index (χ2n) is 8.99. The Bertz CT molecular complexity index is 822. The van der Waals surface area contributed by atoms with Crippen molar-refractivity contribution in [1.82, 2.24) is 0 Å². The van der Waals surface area contributed by atoms with Gasteiger partial charge in [-0.1, -0.05) is 24.3 Å². The van der Waals surface area contributed by atoms with E-state index in [1.54, 1.807) is 0 Å². The zero-order valence-electron chi connectivity index (χ0n) is 19.3. The lowest BCUT2D eigenvalue weighted by Gasteiger charge is -2.05. The summed E-state index contributed by atoms with van der Waals surface area (Å²) in [7, 11) is 0. The monoisotopic (exact) mass is 402 g/mol. The normalized spacial score (nSPS) is 11.1. The number of hydrogen-bond acceptors (Lipinski definition) is 0. The summed E-state index contributed by atoms with van der Waals surface area (Å²) >= 11 is 0. The van der Waals surface area contributed by atoms with E-state index >= 15 is 0 Å². The van der Waals surface area contributed by atoms with Gasteiger partial charge in [0.1, 0.15) is 13.1 Å². The van der Waals surface area contributed by atoms with Crippen molar-refractivity contribution in [1.29, 1.82) is 0 Å². The summed E-state index contributed by atoms with van der Waals surface area (Å²) in [6.07, 6.45) is 16.3. The highest BCUT2D eigenvalue weighted by atomic mass is 14.9. The molecule has 0 spiro atoms. The molecule has 0 aliphatic rings. The van der Waals surface area contributed by atoms with E-state index in [4.69, 9.17) is 0 Å². The predicted molar refractivity (Wildman–Crippen MR) is 125 cm³/mol. The number of nitrogens with zero attached hydrogens (tertiary/aromatic N) is 2. The largest absolute Gasteiger partial charge is 0.205 e. The van der Waals surface area contributed by atoms with E-state index in [2.05, 4.69) is 98.0 Å². The Labute approximate surface area is 183 Å². The van der Waals surface area contributed by atoms with Crippen LogP contribution >= 0.6 is 0 Å². The summed E-state index contributed by atoms with van der Waals surface area (Å²) in [4.78, 5) is 0. The molecule has 3 rings (SSSR count). The molecule has 0 aliphatic carbocycles. The summed E-state index contributed by atoms with van der Waals surface area (Å²) in [6.45, 7) is 10.9. The summed E-state index contributed by atoms with van der Waals surface area (Å²) in [5, 5.41) is 0. The van der Waals surface area contributed by atoms with Crippen molar-refractivity contribution < 1.29 is 9.13 Å². The van der Waals surface area contributed by atoms with E-state index in [0.29, 0.717) is 0 Å². The first-order valence-electron chi connectivity index (χ1n) is 11.5. The van der Waals surface area contributed by atoms with Crippen LogP contribution in [-0.4, -0.2) is 0 Å². The lowest BCUT2D eigenvalue weighted by molar-refractivity contribution is -0.698. The second-order valence-corrected chi connectivity index (χ2v) is 8.99. The Kier molecular flexibility index (Phi) is 8.19. The van der Waals surface area contributed by atoms with Crippen LogP contribution in [0, 0.1) is 27.7 Å². The molecule has 0 N–H and O–H groups in total. The molecule has 0 saturated carbocycles. The van der Waals surface area contributed by atoms with Crippen LogP contribution < -0.4 is 9.13 Å². The Hall–Kier alpha value is -2.48. The minimum absolute atomic E-state index is 1.11. The van der Waals surface area contributed by atoms with E-state index < -0.39 is 0 Å². The third-order valence-electron chi connectivity index (χ3n) is 5.68. The number of pyridine rings is 2. The fourth-order valence-electron chi connectivity index (χ4n) is 4.37. The maximum Gasteiger partial charge on any atom is 0.171 e. The smallest absolute Gasteiger partial charge is 0.171 e. The van der Waals surface area contributed by atoms with Gasteiger partial charge in [0.2, 0.25) is 0 Å². The molecule has 3 aromatic rings. The van der Waals surface area contributed by atoms with Gasteiger partial charge in [-0.2, -0.15) is 0 Å². The van der Waals surface area contributed by atoms with Crippen LogP contribution in [0.4, 0.5) is 0 Å². The molecule has 0 amide bonds. The van der Waals surface area contributed by atoms with E-state index in [0.717, 1.165) is 13.1 Å². The van der Waals surface area contributed by atoms with Crippen molar-refractivity contribution in [3.8, 4) is 0 Å². The van der Waals surface area contributed by atoms with E-state index in [1.165, 1.54) is 71.9 Å². The van der Waals surface area contributed by atoms with Gasteiger partial charge in [-0.05, 0) is 76.6 Å². The van der Waals surface area contributed by atoms with E-state index in [9.17, 15) is 0 Å². The molecular formula is C28H38N2+2. The van der Waals surface area contributed by atoms with Crippen molar-refractivity contribution in [3.05, 3.63) is 94.6 Å². The SMILES string of the molecule is Cc1cc(C)c[n+](CCCCc2ccc(CCCC[n+]3cc(C)cc(C)c3)cc2)c1. The number of unbranched alkanes of at least 4 members (excludes halogenated alkanes) is 2. The third-order valence-corrected chi connectivity index (χ3v) is 5.68. The Morgan fingerprint density at radius 3 is 1.17 bits per heavy atom. The first-order valence-corrected chi connectivity index (χ1v) is 11.5. The Morgan fingerprint density at radius 1 is 0.500 bits per heavy atom. The molecule has 2 aromatic heterocycles. The van der Waals surface area contributed by atoms with Gasteiger partial charge < -0.3 is 0 Å². The van der Waals surface area contributed by atoms with Crippen LogP contribution in [-0.2, 0) is 25.9 Å². The van der Waals surface area contributed by atoms with Gasteiger partial charge in [-0.15, -0.1) is 0 Å². The highest BCUT2D eigenvalue weighted by Crippen LogP contribution is 2.11. The number of benzene rings is 1. The Balaban J connectivity index is 1.35. The molecule has 0 unspecified atom stereocenters. The quantitative estimate of drug-likeness (QED) is 0.311. The van der Waals surface area contributed by atoms with Crippen LogP contribution in [0.2, 0.25) is 0 Å². The van der Waals surface area contributed by atoms with Crippen molar-refractivity contribution >= 4 is 0 Å².